The molecule has 1 amide bonds. The standard InChI is InChI=1S/C24H28N4O3S/c1-16-5-3-6-18(13-16)23-26-27-24(32)28(23)11-10-22(29)25-20-9-8-17(2)14-21(20)31-15-19-7-4-12-30-19/h3,5-6,8-9,13-14,19H,4,7,10-12,15H2,1-2H3,(H,25,29)(H,27,32). The van der Waals surface area contributed by atoms with Crippen molar-refractivity contribution < 1.29 is 14.3 Å². The number of aromatic nitrogens is 3. The Bertz CT molecular complexity index is 1150. The molecule has 1 unspecified atom stereocenters. The fourth-order valence-electron chi connectivity index (χ4n) is 3.77. The minimum Gasteiger partial charge on any atom is -0.489 e. The van der Waals surface area contributed by atoms with E-state index >= 15 is 0 Å². The van der Waals surface area contributed by atoms with Crippen LogP contribution in [-0.2, 0) is 16.1 Å². The molecule has 0 spiro atoms. The molecule has 1 aromatic heterocycles. The first kappa shape index (κ1) is 22.2. The molecule has 3 aromatic rings. The number of nitrogens with one attached hydrogen (secondary N) is 2. The van der Waals surface area contributed by atoms with Gasteiger partial charge in [-0.15, -0.1) is 0 Å². The zero-order chi connectivity index (χ0) is 22.5. The average molecular weight is 453 g/mol. The van der Waals surface area contributed by atoms with Crippen LogP contribution in [0, 0.1) is 18.6 Å². The number of anilines is 1. The average Bonchev–Trinajstić information content (AvgIpc) is 3.42. The van der Waals surface area contributed by atoms with Crippen molar-refractivity contribution in [3.05, 3.63) is 58.4 Å². The van der Waals surface area contributed by atoms with E-state index in [2.05, 4.69) is 15.5 Å². The van der Waals surface area contributed by atoms with Crippen molar-refractivity contribution in [2.75, 3.05) is 18.5 Å². The van der Waals surface area contributed by atoms with Crippen molar-refractivity contribution in [3.8, 4) is 17.1 Å². The van der Waals surface area contributed by atoms with Gasteiger partial charge < -0.3 is 14.8 Å². The predicted molar refractivity (Wildman–Crippen MR) is 126 cm³/mol. The maximum Gasteiger partial charge on any atom is 0.226 e. The third kappa shape index (κ3) is 5.44. The Morgan fingerprint density at radius 2 is 2.12 bits per heavy atom. The Morgan fingerprint density at radius 1 is 1.28 bits per heavy atom. The van der Waals surface area contributed by atoms with Crippen molar-refractivity contribution in [1.29, 1.82) is 0 Å². The SMILES string of the molecule is Cc1cccc(-c2n[nH]c(=S)n2CCC(=O)Nc2ccc(C)cc2OCC2CCCO2)c1. The lowest BCUT2D eigenvalue weighted by atomic mass is 10.1. The second-order valence-electron chi connectivity index (χ2n) is 8.12. The topological polar surface area (TPSA) is 81.2 Å². The number of amides is 1. The lowest BCUT2D eigenvalue weighted by Gasteiger charge is -2.16. The van der Waals surface area contributed by atoms with Crippen LogP contribution in [0.4, 0.5) is 5.69 Å². The quantitative estimate of drug-likeness (QED) is 0.479. The van der Waals surface area contributed by atoms with E-state index in [0.717, 1.165) is 42.0 Å². The van der Waals surface area contributed by atoms with Gasteiger partial charge in [-0.05, 0) is 62.7 Å². The molecule has 2 aromatic carbocycles. The number of rotatable bonds is 8. The van der Waals surface area contributed by atoms with E-state index in [9.17, 15) is 4.79 Å². The van der Waals surface area contributed by atoms with Gasteiger partial charge in [0.05, 0.1) is 11.8 Å². The van der Waals surface area contributed by atoms with Crippen LogP contribution in [-0.4, -0.2) is 40.0 Å². The number of carbonyl (C=O) groups excluding carboxylic acids is 1. The van der Waals surface area contributed by atoms with Crippen molar-refractivity contribution in [3.63, 3.8) is 0 Å². The highest BCUT2D eigenvalue weighted by atomic mass is 32.1. The van der Waals surface area contributed by atoms with Crippen LogP contribution in [0.3, 0.4) is 0 Å². The van der Waals surface area contributed by atoms with Gasteiger partial charge in [-0.1, -0.05) is 29.8 Å². The summed E-state index contributed by atoms with van der Waals surface area (Å²) in [5.41, 5.74) is 3.82. The summed E-state index contributed by atoms with van der Waals surface area (Å²) >= 11 is 5.39. The number of H-pyrrole nitrogens is 1. The number of aromatic amines is 1. The first-order valence-corrected chi connectivity index (χ1v) is 11.3. The van der Waals surface area contributed by atoms with E-state index in [4.69, 9.17) is 21.7 Å². The number of ether oxygens (including phenoxy) is 2. The summed E-state index contributed by atoms with van der Waals surface area (Å²) in [4.78, 5) is 12.7. The van der Waals surface area contributed by atoms with Gasteiger partial charge in [0.25, 0.3) is 0 Å². The highest BCUT2D eigenvalue weighted by Gasteiger charge is 2.18. The zero-order valence-electron chi connectivity index (χ0n) is 18.4. The van der Waals surface area contributed by atoms with Crippen LogP contribution < -0.4 is 10.1 Å². The zero-order valence-corrected chi connectivity index (χ0v) is 19.2. The lowest BCUT2D eigenvalue weighted by Crippen LogP contribution is -2.19. The predicted octanol–water partition coefficient (Wildman–Crippen LogP) is 4.81. The van der Waals surface area contributed by atoms with Gasteiger partial charge in [0.1, 0.15) is 12.4 Å². The molecule has 168 valence electrons. The molecule has 2 heterocycles. The van der Waals surface area contributed by atoms with E-state index < -0.39 is 0 Å². The molecule has 32 heavy (non-hydrogen) atoms. The van der Waals surface area contributed by atoms with E-state index in [-0.39, 0.29) is 18.4 Å². The molecule has 4 rings (SSSR count). The Labute approximate surface area is 192 Å². The number of hydrogen-bond donors (Lipinski definition) is 2. The lowest BCUT2D eigenvalue weighted by molar-refractivity contribution is -0.116. The van der Waals surface area contributed by atoms with Crippen LogP contribution >= 0.6 is 12.2 Å². The monoisotopic (exact) mass is 452 g/mol. The molecule has 0 aliphatic carbocycles. The number of benzene rings is 2. The third-order valence-electron chi connectivity index (χ3n) is 5.46. The van der Waals surface area contributed by atoms with E-state index in [1.165, 1.54) is 0 Å². The van der Waals surface area contributed by atoms with Gasteiger partial charge >= 0.3 is 0 Å². The van der Waals surface area contributed by atoms with Crippen LogP contribution in [0.15, 0.2) is 42.5 Å². The second-order valence-corrected chi connectivity index (χ2v) is 8.50. The largest absolute Gasteiger partial charge is 0.489 e. The van der Waals surface area contributed by atoms with Crippen molar-refractivity contribution >= 4 is 23.8 Å². The summed E-state index contributed by atoms with van der Waals surface area (Å²) in [6.07, 6.45) is 2.43. The minimum absolute atomic E-state index is 0.113. The van der Waals surface area contributed by atoms with Crippen molar-refractivity contribution in [2.24, 2.45) is 0 Å². The number of hydrogen-bond acceptors (Lipinski definition) is 5. The van der Waals surface area contributed by atoms with E-state index in [0.29, 0.717) is 29.4 Å². The molecule has 0 radical (unpaired) electrons. The maximum absolute atomic E-state index is 12.7. The van der Waals surface area contributed by atoms with Gasteiger partial charge in [0.15, 0.2) is 10.6 Å². The number of carbonyl (C=O) groups is 1. The van der Waals surface area contributed by atoms with Crippen LogP contribution in [0.5, 0.6) is 5.75 Å². The van der Waals surface area contributed by atoms with Crippen LogP contribution in [0.2, 0.25) is 0 Å². The van der Waals surface area contributed by atoms with Crippen molar-refractivity contribution in [1.82, 2.24) is 14.8 Å². The van der Waals surface area contributed by atoms with E-state index in [1.807, 2.05) is 60.9 Å². The number of aryl methyl sites for hydroxylation is 2. The molecule has 1 saturated heterocycles. The molecule has 1 aliphatic rings. The van der Waals surface area contributed by atoms with Crippen LogP contribution in [0.25, 0.3) is 11.4 Å². The maximum atomic E-state index is 12.7. The minimum atomic E-state index is -0.117. The molecule has 8 heteroatoms. The fraction of sp³-hybridized carbons (Fsp3) is 0.375. The molecule has 7 nitrogen and oxygen atoms in total. The summed E-state index contributed by atoms with van der Waals surface area (Å²) in [5, 5.41) is 10.2. The van der Waals surface area contributed by atoms with E-state index in [1.54, 1.807) is 0 Å². The highest BCUT2D eigenvalue weighted by Crippen LogP contribution is 2.27. The van der Waals surface area contributed by atoms with Gasteiger partial charge in [0, 0.05) is 25.1 Å². The molecule has 1 atom stereocenters. The smallest absolute Gasteiger partial charge is 0.226 e. The Hall–Kier alpha value is -2.97. The van der Waals surface area contributed by atoms with Crippen LogP contribution in [0.1, 0.15) is 30.4 Å². The highest BCUT2D eigenvalue weighted by molar-refractivity contribution is 7.71. The fourth-order valence-corrected chi connectivity index (χ4v) is 3.99. The molecule has 0 saturated carbocycles. The summed E-state index contributed by atoms with van der Waals surface area (Å²) in [6, 6.07) is 13.8. The molecular weight excluding hydrogens is 424 g/mol. The normalized spacial score (nSPS) is 15.6. The second kappa shape index (κ2) is 10.1. The van der Waals surface area contributed by atoms with Gasteiger partial charge in [-0.2, -0.15) is 5.10 Å². The van der Waals surface area contributed by atoms with Crippen molar-refractivity contribution in [2.45, 2.75) is 45.8 Å². The summed E-state index contributed by atoms with van der Waals surface area (Å²) in [6.45, 7) is 5.71. The van der Waals surface area contributed by atoms with Gasteiger partial charge in [0.2, 0.25) is 5.91 Å². The van der Waals surface area contributed by atoms with Gasteiger partial charge in [-0.25, -0.2) is 0 Å². The Morgan fingerprint density at radius 3 is 2.91 bits per heavy atom. The Kier molecular flexibility index (Phi) is 7.02. The number of nitrogens with zero attached hydrogens (tertiary/aromatic N) is 2. The first-order chi connectivity index (χ1) is 15.5. The molecule has 0 bridgehead atoms. The molecule has 1 aliphatic heterocycles. The summed E-state index contributed by atoms with van der Waals surface area (Å²) < 4.78 is 14.0. The first-order valence-electron chi connectivity index (χ1n) is 10.9. The summed E-state index contributed by atoms with van der Waals surface area (Å²) in [7, 11) is 0. The van der Waals surface area contributed by atoms with Gasteiger partial charge in [-0.3, -0.25) is 14.5 Å². The summed E-state index contributed by atoms with van der Waals surface area (Å²) in [5.74, 6) is 1.27. The molecule has 1 fully saturated rings. The third-order valence-corrected chi connectivity index (χ3v) is 5.77. The molecular formula is C24H28N4O3S. The molecule has 2 N–H and O–H groups in total. The Balaban J connectivity index is 1.42.